The van der Waals surface area contributed by atoms with E-state index in [1.807, 2.05) is 97.1 Å². The Bertz CT molecular complexity index is 1890. The fourth-order valence-electron chi connectivity index (χ4n) is 5.64. The van der Waals surface area contributed by atoms with Crippen LogP contribution < -0.4 is 10.6 Å². The Balaban J connectivity index is 0.000000300. The molecule has 0 aliphatic carbocycles. The first-order chi connectivity index (χ1) is 26.3. The Hall–Kier alpha value is -5.90. The minimum atomic E-state index is -1.02. The van der Waals surface area contributed by atoms with Crippen molar-refractivity contribution in [1.29, 1.82) is 0 Å². The summed E-state index contributed by atoms with van der Waals surface area (Å²) in [6, 6.07) is 35.4. The largest absolute Gasteiger partial charge is 0.481 e. The number of rotatable bonds is 13. The van der Waals surface area contributed by atoms with Crippen molar-refractivity contribution < 1.29 is 38.9 Å². The van der Waals surface area contributed by atoms with E-state index in [4.69, 9.17) is 14.6 Å². The van der Waals surface area contributed by atoms with Gasteiger partial charge in [0.1, 0.15) is 11.2 Å². The number of aliphatic carboxylic acids is 2. The highest BCUT2D eigenvalue weighted by atomic mass is 16.6. The average Bonchev–Trinajstić information content (AvgIpc) is 3.11. The standard InChI is InChI=1S/C23H29NO4.C23H27NO4/c2*1-16(21(25)26)14-20(24-22(27)28-23(2,3)4)15-17-10-12-19(13-11-17)18-8-6-5-7-9-18/h5-13,16,20H,14-15H2,1-4H3,(H,24,27)(H,25,26);5-14,20H,15H2,1-4H3,(H,24,27)(H,25,26)/b;16-14+/t16-,20+;20-/m10/s1. The van der Waals surface area contributed by atoms with Gasteiger partial charge >= 0.3 is 24.1 Å². The monoisotopic (exact) mass is 764 g/mol. The molecule has 0 saturated carbocycles. The fourth-order valence-corrected chi connectivity index (χ4v) is 5.64. The number of carbonyl (C=O) groups excluding carboxylic acids is 2. The third kappa shape index (κ3) is 16.6. The first-order valence-electron chi connectivity index (χ1n) is 18.7. The van der Waals surface area contributed by atoms with Crippen LogP contribution in [0.1, 0.15) is 72.9 Å². The van der Waals surface area contributed by atoms with Crippen LogP contribution in [0.5, 0.6) is 0 Å². The van der Waals surface area contributed by atoms with Crippen LogP contribution in [0, 0.1) is 5.92 Å². The number of hydrogen-bond acceptors (Lipinski definition) is 6. The molecule has 0 radical (unpaired) electrons. The third-order valence-corrected chi connectivity index (χ3v) is 8.33. The summed E-state index contributed by atoms with van der Waals surface area (Å²) in [6.07, 6.45) is 1.75. The predicted molar refractivity (Wildman–Crippen MR) is 220 cm³/mol. The number of nitrogens with one attached hydrogen (secondary N) is 2. The van der Waals surface area contributed by atoms with Crippen molar-refractivity contribution in [3.63, 3.8) is 0 Å². The van der Waals surface area contributed by atoms with Crippen LogP contribution in [0.3, 0.4) is 0 Å². The number of benzene rings is 4. The van der Waals surface area contributed by atoms with Crippen LogP contribution in [0.25, 0.3) is 22.3 Å². The summed E-state index contributed by atoms with van der Waals surface area (Å²) in [6.45, 7) is 13.9. The normalized spacial score (nSPS) is 13.2. The van der Waals surface area contributed by atoms with E-state index in [1.165, 1.54) is 13.0 Å². The van der Waals surface area contributed by atoms with E-state index in [0.717, 1.165) is 33.4 Å². The van der Waals surface area contributed by atoms with Crippen LogP contribution in [0.15, 0.2) is 121 Å². The van der Waals surface area contributed by atoms with Crippen molar-refractivity contribution in [2.24, 2.45) is 5.92 Å². The molecule has 4 aromatic rings. The number of carboxylic acid groups (broad SMARTS) is 2. The minimum Gasteiger partial charge on any atom is -0.481 e. The Morgan fingerprint density at radius 2 is 1.00 bits per heavy atom. The molecule has 2 amide bonds. The molecule has 10 heteroatoms. The molecule has 0 aliphatic rings. The number of carbonyl (C=O) groups is 4. The summed E-state index contributed by atoms with van der Waals surface area (Å²) < 4.78 is 10.6. The molecule has 0 bridgehead atoms. The van der Waals surface area contributed by atoms with Gasteiger partial charge in [-0.2, -0.15) is 0 Å². The molecule has 0 aliphatic heterocycles. The maximum absolute atomic E-state index is 12.2. The fraction of sp³-hybridized carbons (Fsp3) is 0.348. The third-order valence-electron chi connectivity index (χ3n) is 8.33. The van der Waals surface area contributed by atoms with Gasteiger partial charge in [0.2, 0.25) is 0 Å². The number of ether oxygens (including phenoxy) is 2. The van der Waals surface area contributed by atoms with Gasteiger partial charge in [0, 0.05) is 11.6 Å². The zero-order valence-corrected chi connectivity index (χ0v) is 33.7. The van der Waals surface area contributed by atoms with Crippen molar-refractivity contribution in [2.45, 2.75) is 97.9 Å². The van der Waals surface area contributed by atoms with Crippen molar-refractivity contribution >= 4 is 24.1 Å². The number of hydrogen-bond donors (Lipinski definition) is 4. The quantitative estimate of drug-likeness (QED) is 0.0983. The summed E-state index contributed by atoms with van der Waals surface area (Å²) in [5.41, 5.74) is 5.41. The van der Waals surface area contributed by atoms with E-state index in [0.29, 0.717) is 19.3 Å². The molecule has 0 saturated heterocycles. The molecule has 56 heavy (non-hydrogen) atoms. The van der Waals surface area contributed by atoms with Gasteiger partial charge in [0.15, 0.2) is 0 Å². The number of alkyl carbamates (subject to hydrolysis) is 2. The lowest BCUT2D eigenvalue weighted by atomic mass is 9.95. The second kappa shape index (κ2) is 20.7. The maximum Gasteiger partial charge on any atom is 0.408 e. The van der Waals surface area contributed by atoms with Crippen LogP contribution in [-0.4, -0.2) is 57.6 Å². The summed E-state index contributed by atoms with van der Waals surface area (Å²) in [5, 5.41) is 24.0. The second-order valence-electron chi connectivity index (χ2n) is 15.8. The lowest BCUT2D eigenvalue weighted by molar-refractivity contribution is -0.141. The van der Waals surface area contributed by atoms with Crippen LogP contribution >= 0.6 is 0 Å². The zero-order chi connectivity index (χ0) is 41.5. The topological polar surface area (TPSA) is 151 Å². The van der Waals surface area contributed by atoms with Crippen LogP contribution in [0.2, 0.25) is 0 Å². The molecule has 10 nitrogen and oxygen atoms in total. The van der Waals surface area contributed by atoms with Crippen molar-refractivity contribution in [2.75, 3.05) is 0 Å². The van der Waals surface area contributed by atoms with Gasteiger partial charge in [-0.3, -0.25) is 4.79 Å². The van der Waals surface area contributed by atoms with E-state index < -0.39 is 47.3 Å². The second-order valence-corrected chi connectivity index (χ2v) is 15.8. The Morgan fingerprint density at radius 3 is 1.39 bits per heavy atom. The van der Waals surface area contributed by atoms with Gasteiger partial charge in [-0.05, 0) is 101 Å². The molecule has 0 aromatic heterocycles. The molecular weight excluding hydrogens is 709 g/mol. The molecule has 4 N–H and O–H groups in total. The van der Waals surface area contributed by atoms with Gasteiger partial charge in [0.05, 0.1) is 12.0 Å². The Kier molecular flexibility index (Phi) is 16.4. The zero-order valence-electron chi connectivity index (χ0n) is 33.7. The van der Waals surface area contributed by atoms with E-state index in [9.17, 15) is 24.3 Å². The van der Waals surface area contributed by atoms with Gasteiger partial charge in [-0.15, -0.1) is 0 Å². The van der Waals surface area contributed by atoms with E-state index in [2.05, 4.69) is 22.8 Å². The molecule has 0 spiro atoms. The number of amides is 2. The molecule has 0 fully saturated rings. The minimum absolute atomic E-state index is 0.168. The lowest BCUT2D eigenvalue weighted by Crippen LogP contribution is -2.41. The first kappa shape index (κ1) is 44.5. The summed E-state index contributed by atoms with van der Waals surface area (Å²) in [5.74, 6) is -2.46. The van der Waals surface area contributed by atoms with E-state index >= 15 is 0 Å². The predicted octanol–water partition coefficient (Wildman–Crippen LogP) is 9.72. The first-order valence-corrected chi connectivity index (χ1v) is 18.7. The molecule has 298 valence electrons. The Morgan fingerprint density at radius 1 is 0.607 bits per heavy atom. The van der Waals surface area contributed by atoms with E-state index in [-0.39, 0.29) is 11.6 Å². The van der Waals surface area contributed by atoms with Gasteiger partial charge < -0.3 is 30.3 Å². The Labute approximate surface area is 331 Å². The molecule has 4 aromatic carbocycles. The SMILES string of the molecule is C/C(=C\[C@@H](Cc1ccc(-c2ccccc2)cc1)NC(=O)OC(C)(C)C)C(=O)O.C[C@H](C[C@@H](Cc1ccc(-c2ccccc2)cc1)NC(=O)OC(C)(C)C)C(=O)O. The van der Waals surface area contributed by atoms with E-state index in [1.54, 1.807) is 48.5 Å². The maximum atomic E-state index is 12.2. The van der Waals surface area contributed by atoms with Crippen LogP contribution in [-0.2, 0) is 31.9 Å². The summed E-state index contributed by atoms with van der Waals surface area (Å²) in [7, 11) is 0. The highest BCUT2D eigenvalue weighted by Gasteiger charge is 2.24. The van der Waals surface area contributed by atoms with Gasteiger partial charge in [-0.25, -0.2) is 14.4 Å². The highest BCUT2D eigenvalue weighted by Crippen LogP contribution is 2.22. The molecule has 0 unspecified atom stereocenters. The molecule has 0 heterocycles. The van der Waals surface area contributed by atoms with Crippen molar-refractivity contribution in [3.8, 4) is 22.3 Å². The lowest BCUT2D eigenvalue weighted by Gasteiger charge is -2.24. The van der Waals surface area contributed by atoms with Crippen molar-refractivity contribution in [3.05, 3.63) is 132 Å². The molecule has 4 rings (SSSR count). The van der Waals surface area contributed by atoms with Crippen LogP contribution in [0.4, 0.5) is 9.59 Å². The van der Waals surface area contributed by atoms with Crippen molar-refractivity contribution in [1.82, 2.24) is 10.6 Å². The molecular formula is C46H56N2O8. The van der Waals surface area contributed by atoms with Gasteiger partial charge in [0.25, 0.3) is 0 Å². The average molecular weight is 765 g/mol. The summed E-state index contributed by atoms with van der Waals surface area (Å²) in [4.78, 5) is 46.8. The smallest absolute Gasteiger partial charge is 0.408 e. The molecule has 3 atom stereocenters. The van der Waals surface area contributed by atoms with Gasteiger partial charge in [-0.1, -0.05) is 122 Å². The summed E-state index contributed by atoms with van der Waals surface area (Å²) >= 11 is 0. The number of carboxylic acids is 2. The highest BCUT2D eigenvalue weighted by molar-refractivity contribution is 5.86.